The molecule has 0 rings (SSSR count). The third-order valence-electron chi connectivity index (χ3n) is 12.1. The summed E-state index contributed by atoms with van der Waals surface area (Å²) in [5.74, 6) is -0.122. The summed E-state index contributed by atoms with van der Waals surface area (Å²) in [6.07, 6.45) is 61.5. The summed E-state index contributed by atoms with van der Waals surface area (Å²) in [5.41, 5.74) is 0. The number of aliphatic hydroxyl groups is 2. The Morgan fingerprint density at radius 1 is 0.443 bits per heavy atom. The first-order valence-corrected chi connectivity index (χ1v) is 26.8. The largest absolute Gasteiger partial charge is 0.466 e. The molecule has 0 saturated carbocycles. The van der Waals surface area contributed by atoms with Crippen LogP contribution in [0.25, 0.3) is 0 Å². The first kappa shape index (κ1) is 59.1. The average molecular weight is 858 g/mol. The van der Waals surface area contributed by atoms with Crippen LogP contribution in [0.1, 0.15) is 277 Å². The Hall–Kier alpha value is -1.92. The molecule has 6 nitrogen and oxygen atoms in total. The van der Waals surface area contributed by atoms with Crippen LogP contribution in [0.3, 0.4) is 0 Å². The van der Waals surface area contributed by atoms with Gasteiger partial charge >= 0.3 is 5.97 Å². The number of nitrogens with one attached hydrogen (secondary N) is 1. The van der Waals surface area contributed by atoms with Gasteiger partial charge in [0.15, 0.2) is 0 Å². The number of unbranched alkanes of at least 4 members (excludes halogenated alkanes) is 34. The summed E-state index contributed by atoms with van der Waals surface area (Å²) in [4.78, 5) is 24.4. The summed E-state index contributed by atoms with van der Waals surface area (Å²) in [6, 6.07) is -0.649. The lowest BCUT2D eigenvalue weighted by molar-refractivity contribution is -0.143. The van der Waals surface area contributed by atoms with Crippen molar-refractivity contribution < 1.29 is 24.5 Å². The van der Waals surface area contributed by atoms with Crippen molar-refractivity contribution in [1.82, 2.24) is 5.32 Å². The monoisotopic (exact) mass is 858 g/mol. The van der Waals surface area contributed by atoms with Crippen molar-refractivity contribution in [2.24, 2.45) is 0 Å². The van der Waals surface area contributed by atoms with Crippen LogP contribution in [0.2, 0.25) is 0 Å². The van der Waals surface area contributed by atoms with Gasteiger partial charge in [-0.3, -0.25) is 9.59 Å². The van der Waals surface area contributed by atoms with E-state index < -0.39 is 12.1 Å². The van der Waals surface area contributed by atoms with Gasteiger partial charge in [-0.1, -0.05) is 217 Å². The zero-order valence-corrected chi connectivity index (χ0v) is 40.6. The van der Waals surface area contributed by atoms with Crippen molar-refractivity contribution in [3.8, 4) is 0 Å². The van der Waals surface area contributed by atoms with Gasteiger partial charge in [0.05, 0.1) is 25.4 Å². The average Bonchev–Trinajstić information content (AvgIpc) is 3.26. The minimum Gasteiger partial charge on any atom is -0.466 e. The molecular formula is C55H103NO5. The molecule has 0 aromatic carbocycles. The van der Waals surface area contributed by atoms with E-state index in [1.54, 1.807) is 6.08 Å². The molecule has 0 aromatic rings. The van der Waals surface area contributed by atoms with Crippen molar-refractivity contribution in [2.45, 2.75) is 289 Å². The van der Waals surface area contributed by atoms with Crippen LogP contribution in [-0.2, 0) is 14.3 Å². The lowest BCUT2D eigenvalue weighted by Crippen LogP contribution is -2.45. The van der Waals surface area contributed by atoms with Crippen molar-refractivity contribution in [3.63, 3.8) is 0 Å². The van der Waals surface area contributed by atoms with E-state index in [2.05, 4.69) is 43.5 Å². The van der Waals surface area contributed by atoms with E-state index >= 15 is 0 Å². The van der Waals surface area contributed by atoms with Gasteiger partial charge in [0.25, 0.3) is 0 Å². The van der Waals surface area contributed by atoms with Gasteiger partial charge in [-0.05, 0) is 83.5 Å². The fourth-order valence-electron chi connectivity index (χ4n) is 7.97. The predicted octanol–water partition coefficient (Wildman–Crippen LogP) is 16.1. The summed E-state index contributed by atoms with van der Waals surface area (Å²) in [7, 11) is 0. The zero-order chi connectivity index (χ0) is 44.4. The van der Waals surface area contributed by atoms with Crippen molar-refractivity contribution in [2.75, 3.05) is 13.2 Å². The van der Waals surface area contributed by atoms with Gasteiger partial charge in [-0.15, -0.1) is 0 Å². The molecule has 0 radical (unpaired) electrons. The Morgan fingerprint density at radius 2 is 0.770 bits per heavy atom. The van der Waals surface area contributed by atoms with Crippen molar-refractivity contribution in [1.29, 1.82) is 0 Å². The summed E-state index contributed by atoms with van der Waals surface area (Å²) < 4.78 is 5.44. The molecule has 61 heavy (non-hydrogen) atoms. The maximum atomic E-state index is 12.4. The van der Waals surface area contributed by atoms with E-state index in [0.29, 0.717) is 19.4 Å². The molecule has 358 valence electrons. The number of carbonyl (C=O) groups is 2. The summed E-state index contributed by atoms with van der Waals surface area (Å²) in [5, 5.41) is 23.1. The van der Waals surface area contributed by atoms with E-state index in [1.165, 1.54) is 180 Å². The molecule has 0 aliphatic heterocycles. The number of allylic oxidation sites excluding steroid dienone is 5. The molecule has 6 heteroatoms. The highest BCUT2D eigenvalue weighted by molar-refractivity contribution is 5.76. The van der Waals surface area contributed by atoms with Gasteiger partial charge in [0.2, 0.25) is 5.91 Å². The minimum absolute atomic E-state index is 0.0244. The molecule has 0 bridgehead atoms. The standard InChI is InChI=1S/C55H103NO5/c1-3-5-7-9-11-13-15-17-18-19-20-21-22-24-27-31-35-39-43-47-53(58)52(51-57)56-54(59)48-44-40-36-32-28-25-23-26-30-34-38-42-46-50-61-55(60)49-45-41-37-33-29-16-14-12-10-8-6-4-2/h12,14,25,28,43,47,52-53,57-58H,3-11,13,15-24,26-27,29-42,44-46,48-51H2,1-2H3,(H,56,59)/b14-12-,28-25-,47-43+. The molecular weight excluding hydrogens is 755 g/mol. The molecule has 2 unspecified atom stereocenters. The fraction of sp³-hybridized carbons (Fsp3) is 0.855. The second kappa shape index (κ2) is 50.7. The minimum atomic E-state index is -0.862. The number of carbonyl (C=O) groups excluding carboxylic acids is 2. The first-order valence-electron chi connectivity index (χ1n) is 26.8. The topological polar surface area (TPSA) is 95.9 Å². The van der Waals surface area contributed by atoms with E-state index in [4.69, 9.17) is 4.74 Å². The summed E-state index contributed by atoms with van der Waals surface area (Å²) >= 11 is 0. The normalized spacial score (nSPS) is 12.9. The molecule has 0 aromatic heterocycles. The number of ether oxygens (including phenoxy) is 1. The first-order chi connectivity index (χ1) is 30.0. The number of esters is 1. The number of rotatable bonds is 49. The van der Waals surface area contributed by atoms with Gasteiger partial charge in [-0.25, -0.2) is 0 Å². The van der Waals surface area contributed by atoms with Crippen LogP contribution in [0.5, 0.6) is 0 Å². The number of hydrogen-bond donors (Lipinski definition) is 3. The molecule has 0 spiro atoms. The van der Waals surface area contributed by atoms with Crippen LogP contribution >= 0.6 is 0 Å². The third kappa shape index (κ3) is 47.4. The van der Waals surface area contributed by atoms with E-state index in [1.807, 2.05) is 6.08 Å². The van der Waals surface area contributed by atoms with Crippen LogP contribution < -0.4 is 5.32 Å². The van der Waals surface area contributed by atoms with Crippen molar-refractivity contribution in [3.05, 3.63) is 36.5 Å². The lowest BCUT2D eigenvalue weighted by Gasteiger charge is -2.19. The third-order valence-corrected chi connectivity index (χ3v) is 12.1. The maximum absolute atomic E-state index is 12.4. The molecule has 3 N–H and O–H groups in total. The number of hydrogen-bond acceptors (Lipinski definition) is 5. The van der Waals surface area contributed by atoms with Crippen LogP contribution in [0.15, 0.2) is 36.5 Å². The number of aliphatic hydroxyl groups excluding tert-OH is 2. The van der Waals surface area contributed by atoms with Crippen molar-refractivity contribution >= 4 is 11.9 Å². The van der Waals surface area contributed by atoms with E-state index in [-0.39, 0.29) is 18.5 Å². The van der Waals surface area contributed by atoms with Gasteiger partial charge < -0.3 is 20.3 Å². The molecule has 0 aliphatic rings. The summed E-state index contributed by atoms with van der Waals surface area (Å²) in [6.45, 7) is 4.83. The number of amides is 1. The smallest absolute Gasteiger partial charge is 0.305 e. The SMILES string of the molecule is CCCCC/C=C\CCCCCCCC(=O)OCCCCCCCC/C=C\CCCCCC(=O)NC(CO)C(O)/C=C/CCCCCCCCCCCCCCCCCCC. The zero-order valence-electron chi connectivity index (χ0n) is 40.6. The molecule has 2 atom stereocenters. The molecule has 1 amide bonds. The molecule has 0 saturated heterocycles. The van der Waals surface area contributed by atoms with Gasteiger partial charge in [-0.2, -0.15) is 0 Å². The Labute approximate surface area is 379 Å². The molecule has 0 aliphatic carbocycles. The van der Waals surface area contributed by atoms with Crippen LogP contribution in [-0.4, -0.2) is 47.4 Å². The Kier molecular flexibility index (Phi) is 49.1. The maximum Gasteiger partial charge on any atom is 0.305 e. The second-order valence-electron chi connectivity index (χ2n) is 18.2. The van der Waals surface area contributed by atoms with Crippen LogP contribution in [0.4, 0.5) is 0 Å². The Balaban J connectivity index is 3.55. The van der Waals surface area contributed by atoms with E-state index in [9.17, 15) is 19.8 Å². The quantitative estimate of drug-likeness (QED) is 0.0322. The van der Waals surface area contributed by atoms with Gasteiger partial charge in [0.1, 0.15) is 0 Å². The van der Waals surface area contributed by atoms with E-state index in [0.717, 1.165) is 70.6 Å². The second-order valence-corrected chi connectivity index (χ2v) is 18.2. The highest BCUT2D eigenvalue weighted by Gasteiger charge is 2.18. The Morgan fingerprint density at radius 3 is 1.21 bits per heavy atom. The Bertz CT molecular complexity index is 993. The van der Waals surface area contributed by atoms with Gasteiger partial charge in [0, 0.05) is 12.8 Å². The van der Waals surface area contributed by atoms with Crippen LogP contribution in [0, 0.1) is 0 Å². The molecule has 0 heterocycles. The highest BCUT2D eigenvalue weighted by atomic mass is 16.5. The highest BCUT2D eigenvalue weighted by Crippen LogP contribution is 2.16. The fourth-order valence-corrected chi connectivity index (χ4v) is 7.97. The molecule has 0 fully saturated rings. The predicted molar refractivity (Wildman–Crippen MR) is 264 cm³/mol. The lowest BCUT2D eigenvalue weighted by atomic mass is 10.0.